The maximum atomic E-state index is 11.6. The van der Waals surface area contributed by atoms with Crippen LogP contribution in [0.1, 0.15) is 26.2 Å². The van der Waals surface area contributed by atoms with Crippen molar-refractivity contribution in [2.75, 3.05) is 32.8 Å². The number of primary amides is 1. The van der Waals surface area contributed by atoms with Gasteiger partial charge in [-0.1, -0.05) is 0 Å². The van der Waals surface area contributed by atoms with E-state index in [4.69, 9.17) is 10.5 Å². The van der Waals surface area contributed by atoms with Gasteiger partial charge in [0.25, 0.3) is 0 Å². The molecular weight excluding hydrogens is 218 g/mol. The molecule has 1 aliphatic carbocycles. The van der Waals surface area contributed by atoms with Gasteiger partial charge in [-0.3, -0.25) is 15.0 Å². The molecule has 0 spiro atoms. The fourth-order valence-corrected chi connectivity index (χ4v) is 2.28. The first kappa shape index (κ1) is 12.8. The van der Waals surface area contributed by atoms with E-state index in [-0.39, 0.29) is 5.91 Å². The van der Waals surface area contributed by atoms with E-state index < -0.39 is 5.54 Å². The highest BCUT2D eigenvalue weighted by Crippen LogP contribution is 2.23. The fourth-order valence-electron chi connectivity index (χ4n) is 2.28. The zero-order valence-corrected chi connectivity index (χ0v) is 10.6. The van der Waals surface area contributed by atoms with E-state index in [1.807, 2.05) is 6.92 Å². The third-order valence-electron chi connectivity index (χ3n) is 3.50. The van der Waals surface area contributed by atoms with Crippen LogP contribution in [-0.2, 0) is 9.53 Å². The molecule has 1 atom stereocenters. The van der Waals surface area contributed by atoms with Crippen LogP contribution in [0.4, 0.5) is 0 Å². The van der Waals surface area contributed by atoms with Crippen molar-refractivity contribution in [3.05, 3.63) is 0 Å². The molecule has 98 valence electrons. The minimum Gasteiger partial charge on any atom is -0.380 e. The zero-order valence-electron chi connectivity index (χ0n) is 10.6. The van der Waals surface area contributed by atoms with Crippen LogP contribution in [-0.4, -0.2) is 55.2 Å². The number of ether oxygens (including phenoxy) is 1. The molecule has 1 saturated carbocycles. The Bertz CT molecular complexity index is 273. The fraction of sp³-hybridized carbons (Fsp3) is 0.917. The summed E-state index contributed by atoms with van der Waals surface area (Å²) in [5.74, 6) is -0.255. The van der Waals surface area contributed by atoms with Gasteiger partial charge < -0.3 is 10.5 Å². The monoisotopic (exact) mass is 241 g/mol. The summed E-state index contributed by atoms with van der Waals surface area (Å²) in [4.78, 5) is 13.9. The Balaban J connectivity index is 1.92. The Kier molecular flexibility index (Phi) is 4.01. The first-order valence-electron chi connectivity index (χ1n) is 6.48. The van der Waals surface area contributed by atoms with E-state index in [9.17, 15) is 4.79 Å². The summed E-state index contributed by atoms with van der Waals surface area (Å²) in [5, 5.41) is 3.38. The number of hydrogen-bond acceptors (Lipinski definition) is 4. The Morgan fingerprint density at radius 1 is 1.47 bits per heavy atom. The second kappa shape index (κ2) is 5.33. The summed E-state index contributed by atoms with van der Waals surface area (Å²) in [6, 6.07) is 0.482. The zero-order chi connectivity index (χ0) is 12.3. The van der Waals surface area contributed by atoms with Crippen molar-refractivity contribution in [1.29, 1.82) is 0 Å². The molecule has 0 radical (unpaired) electrons. The number of nitrogens with one attached hydrogen (secondary N) is 1. The predicted molar refractivity (Wildman–Crippen MR) is 65.6 cm³/mol. The van der Waals surface area contributed by atoms with Crippen LogP contribution >= 0.6 is 0 Å². The van der Waals surface area contributed by atoms with Crippen LogP contribution in [0, 0.1) is 0 Å². The highest BCUT2D eigenvalue weighted by atomic mass is 16.5. The minimum absolute atomic E-state index is 0.255. The average molecular weight is 241 g/mol. The molecule has 1 unspecified atom stereocenters. The average Bonchev–Trinajstić information content (AvgIpc) is 3.06. The van der Waals surface area contributed by atoms with E-state index in [1.54, 1.807) is 0 Å². The Morgan fingerprint density at radius 2 is 2.24 bits per heavy atom. The quantitative estimate of drug-likeness (QED) is 0.694. The molecule has 2 aliphatic rings. The summed E-state index contributed by atoms with van der Waals surface area (Å²) >= 11 is 0. The molecule has 1 saturated heterocycles. The van der Waals surface area contributed by atoms with Crippen molar-refractivity contribution in [1.82, 2.24) is 10.2 Å². The molecule has 0 aromatic rings. The molecular formula is C12H23N3O2. The van der Waals surface area contributed by atoms with E-state index in [2.05, 4.69) is 10.2 Å². The highest BCUT2D eigenvalue weighted by Gasteiger charge is 2.38. The van der Waals surface area contributed by atoms with Crippen LogP contribution in [0.3, 0.4) is 0 Å². The van der Waals surface area contributed by atoms with Crippen LogP contribution in [0.2, 0.25) is 0 Å². The van der Waals surface area contributed by atoms with Gasteiger partial charge >= 0.3 is 0 Å². The number of carbonyl (C=O) groups excluding carboxylic acids is 1. The molecule has 2 fully saturated rings. The smallest absolute Gasteiger partial charge is 0.238 e. The molecule has 0 aromatic carbocycles. The Hall–Kier alpha value is -0.650. The lowest BCUT2D eigenvalue weighted by Crippen LogP contribution is -2.60. The third kappa shape index (κ3) is 3.66. The molecule has 1 amide bonds. The van der Waals surface area contributed by atoms with Gasteiger partial charge in [0, 0.05) is 32.3 Å². The van der Waals surface area contributed by atoms with Crippen molar-refractivity contribution >= 4 is 5.91 Å². The van der Waals surface area contributed by atoms with Gasteiger partial charge in [-0.25, -0.2) is 0 Å². The predicted octanol–water partition coefficient (Wildman–Crippen LogP) is -0.295. The lowest BCUT2D eigenvalue weighted by Gasteiger charge is -2.33. The van der Waals surface area contributed by atoms with Crippen molar-refractivity contribution in [3.8, 4) is 0 Å². The molecule has 0 aromatic heterocycles. The van der Waals surface area contributed by atoms with Gasteiger partial charge in [-0.15, -0.1) is 0 Å². The molecule has 1 aliphatic heterocycles. The number of nitrogens with zero attached hydrogens (tertiary/aromatic N) is 1. The maximum absolute atomic E-state index is 11.6. The summed E-state index contributed by atoms with van der Waals surface area (Å²) < 4.78 is 5.41. The Morgan fingerprint density at radius 3 is 2.88 bits per heavy atom. The number of nitrogens with two attached hydrogens (primary N) is 1. The van der Waals surface area contributed by atoms with Crippen molar-refractivity contribution in [2.24, 2.45) is 5.73 Å². The van der Waals surface area contributed by atoms with Gasteiger partial charge in [0.05, 0.1) is 6.61 Å². The van der Waals surface area contributed by atoms with Gasteiger partial charge in [-0.2, -0.15) is 0 Å². The van der Waals surface area contributed by atoms with Crippen LogP contribution in [0.5, 0.6) is 0 Å². The summed E-state index contributed by atoms with van der Waals surface area (Å²) in [7, 11) is 0. The molecule has 1 heterocycles. The number of hydrogen-bond donors (Lipinski definition) is 2. The molecule has 17 heavy (non-hydrogen) atoms. The van der Waals surface area contributed by atoms with Crippen molar-refractivity contribution in [3.63, 3.8) is 0 Å². The van der Waals surface area contributed by atoms with E-state index >= 15 is 0 Å². The summed E-state index contributed by atoms with van der Waals surface area (Å²) in [5.41, 5.74) is 4.94. The van der Waals surface area contributed by atoms with Gasteiger partial charge in [-0.05, 0) is 26.2 Å². The standard InChI is InChI=1S/C12H23N3O2/c1-12(11(13)16,14-10-3-4-10)9-15-5-2-7-17-8-6-15/h10,14H,2-9H2,1H3,(H2,13,16). The maximum Gasteiger partial charge on any atom is 0.238 e. The lowest BCUT2D eigenvalue weighted by molar-refractivity contribution is -0.124. The van der Waals surface area contributed by atoms with Crippen LogP contribution in [0.25, 0.3) is 0 Å². The van der Waals surface area contributed by atoms with Gasteiger partial charge in [0.2, 0.25) is 5.91 Å². The summed E-state index contributed by atoms with van der Waals surface area (Å²) in [6.45, 7) is 6.03. The third-order valence-corrected chi connectivity index (χ3v) is 3.50. The van der Waals surface area contributed by atoms with Gasteiger partial charge in [0.1, 0.15) is 5.54 Å². The highest BCUT2D eigenvalue weighted by molar-refractivity contribution is 5.84. The number of rotatable bonds is 5. The molecule has 2 rings (SSSR count). The van der Waals surface area contributed by atoms with Gasteiger partial charge in [0.15, 0.2) is 0 Å². The molecule has 0 bridgehead atoms. The second-order valence-corrected chi connectivity index (χ2v) is 5.36. The first-order valence-corrected chi connectivity index (χ1v) is 6.48. The SMILES string of the molecule is CC(CN1CCCOCC1)(NC1CC1)C(N)=O. The van der Waals surface area contributed by atoms with E-state index in [1.165, 1.54) is 0 Å². The number of carbonyl (C=O) groups is 1. The summed E-state index contributed by atoms with van der Waals surface area (Å²) in [6.07, 6.45) is 3.34. The first-order chi connectivity index (χ1) is 8.10. The van der Waals surface area contributed by atoms with E-state index in [0.717, 1.165) is 45.6 Å². The topological polar surface area (TPSA) is 67.6 Å². The Labute approximate surface area is 103 Å². The van der Waals surface area contributed by atoms with Crippen LogP contribution < -0.4 is 11.1 Å². The lowest BCUT2D eigenvalue weighted by atomic mass is 10.0. The normalized spacial score (nSPS) is 26.2. The molecule has 5 heteroatoms. The largest absolute Gasteiger partial charge is 0.380 e. The number of amides is 1. The molecule has 5 nitrogen and oxygen atoms in total. The molecule has 3 N–H and O–H groups in total. The van der Waals surface area contributed by atoms with Crippen molar-refractivity contribution < 1.29 is 9.53 Å². The second-order valence-electron chi connectivity index (χ2n) is 5.36. The van der Waals surface area contributed by atoms with Crippen LogP contribution in [0.15, 0.2) is 0 Å². The van der Waals surface area contributed by atoms with E-state index in [0.29, 0.717) is 12.6 Å². The minimum atomic E-state index is -0.606. The van der Waals surface area contributed by atoms with Crippen molar-refractivity contribution in [2.45, 2.75) is 37.8 Å².